The second kappa shape index (κ2) is 6.34. The van der Waals surface area contributed by atoms with Crippen molar-refractivity contribution in [1.29, 1.82) is 0 Å². The molecule has 0 amide bonds. The Morgan fingerprint density at radius 1 is 1.39 bits per heavy atom. The van der Waals surface area contributed by atoms with Crippen molar-refractivity contribution in [3.63, 3.8) is 0 Å². The van der Waals surface area contributed by atoms with Crippen LogP contribution < -0.4 is 5.32 Å². The summed E-state index contributed by atoms with van der Waals surface area (Å²) in [6.45, 7) is 11.8. The number of nitrogens with zero attached hydrogens (tertiary/aromatic N) is 3. The molecule has 0 unspecified atom stereocenters. The van der Waals surface area contributed by atoms with Crippen LogP contribution in [-0.2, 0) is 6.54 Å². The first-order valence-electron chi connectivity index (χ1n) is 6.70. The van der Waals surface area contributed by atoms with Gasteiger partial charge < -0.3 is 10.2 Å². The molecule has 104 valence electrons. The maximum Gasteiger partial charge on any atom is 0.0762 e. The first-order chi connectivity index (χ1) is 8.30. The van der Waals surface area contributed by atoms with E-state index in [1.807, 2.05) is 10.9 Å². The molecule has 4 heteroatoms. The highest BCUT2D eigenvalue weighted by molar-refractivity contribution is 4.99. The predicted molar refractivity (Wildman–Crippen MR) is 76.7 cm³/mol. The molecule has 0 bridgehead atoms. The van der Waals surface area contributed by atoms with E-state index in [2.05, 4.69) is 63.2 Å². The van der Waals surface area contributed by atoms with Crippen molar-refractivity contribution in [1.82, 2.24) is 20.0 Å². The molecule has 0 atom stereocenters. The van der Waals surface area contributed by atoms with Crippen LogP contribution >= 0.6 is 0 Å². The Bertz CT molecular complexity index is 352. The Kier molecular flexibility index (Phi) is 5.35. The largest absolute Gasteiger partial charge is 0.311 e. The van der Waals surface area contributed by atoms with Crippen molar-refractivity contribution < 1.29 is 0 Å². The van der Waals surface area contributed by atoms with Gasteiger partial charge in [0, 0.05) is 31.9 Å². The molecule has 0 aromatic carbocycles. The number of rotatable bonds is 7. The van der Waals surface area contributed by atoms with Crippen LogP contribution in [0.2, 0.25) is 0 Å². The highest BCUT2D eigenvalue weighted by Crippen LogP contribution is 2.14. The van der Waals surface area contributed by atoms with Gasteiger partial charge in [0.25, 0.3) is 0 Å². The van der Waals surface area contributed by atoms with Gasteiger partial charge in [0.15, 0.2) is 0 Å². The van der Waals surface area contributed by atoms with E-state index in [-0.39, 0.29) is 5.41 Å². The average molecular weight is 252 g/mol. The van der Waals surface area contributed by atoms with Crippen LogP contribution in [0.25, 0.3) is 0 Å². The van der Waals surface area contributed by atoms with Gasteiger partial charge in [-0.3, -0.25) is 4.68 Å². The fourth-order valence-corrected chi connectivity index (χ4v) is 2.20. The molecule has 0 fully saturated rings. The van der Waals surface area contributed by atoms with Crippen LogP contribution in [-0.4, -0.2) is 41.9 Å². The quantitative estimate of drug-likeness (QED) is 0.807. The van der Waals surface area contributed by atoms with Crippen LogP contribution in [0.4, 0.5) is 0 Å². The maximum absolute atomic E-state index is 4.53. The van der Waals surface area contributed by atoms with Gasteiger partial charge in [-0.1, -0.05) is 13.8 Å². The molecule has 4 nitrogen and oxygen atoms in total. The first kappa shape index (κ1) is 15.2. The van der Waals surface area contributed by atoms with Crippen molar-refractivity contribution in [2.75, 3.05) is 27.2 Å². The molecule has 1 rings (SSSR count). The number of hydrogen-bond donors (Lipinski definition) is 1. The summed E-state index contributed by atoms with van der Waals surface area (Å²) < 4.78 is 2.00. The second-order valence-corrected chi connectivity index (χ2v) is 6.39. The van der Waals surface area contributed by atoms with E-state index < -0.39 is 0 Å². The Labute approximate surface area is 111 Å². The zero-order valence-corrected chi connectivity index (χ0v) is 12.7. The molecule has 0 radical (unpaired) electrons. The zero-order valence-electron chi connectivity index (χ0n) is 12.7. The van der Waals surface area contributed by atoms with E-state index in [0.29, 0.717) is 6.04 Å². The highest BCUT2D eigenvalue weighted by atomic mass is 15.3. The smallest absolute Gasteiger partial charge is 0.0762 e. The van der Waals surface area contributed by atoms with E-state index >= 15 is 0 Å². The molecule has 1 aromatic rings. The van der Waals surface area contributed by atoms with Gasteiger partial charge in [-0.15, -0.1) is 0 Å². The molecular formula is C14H28N4. The molecular weight excluding hydrogens is 224 g/mol. The van der Waals surface area contributed by atoms with Crippen LogP contribution in [0.1, 0.15) is 39.4 Å². The van der Waals surface area contributed by atoms with E-state index in [1.165, 1.54) is 0 Å². The Balaban J connectivity index is 2.36. The Hall–Kier alpha value is -0.870. The lowest BCUT2D eigenvalue weighted by Gasteiger charge is -2.28. The van der Waals surface area contributed by atoms with Gasteiger partial charge in [0.1, 0.15) is 0 Å². The fraction of sp³-hybridized carbons (Fsp3) is 0.786. The molecule has 0 spiro atoms. The Morgan fingerprint density at radius 2 is 2.06 bits per heavy atom. The summed E-state index contributed by atoms with van der Waals surface area (Å²) in [5.74, 6) is 0. The number of nitrogens with one attached hydrogen (secondary N) is 1. The van der Waals surface area contributed by atoms with Gasteiger partial charge >= 0.3 is 0 Å². The van der Waals surface area contributed by atoms with Gasteiger partial charge in [0.2, 0.25) is 0 Å². The van der Waals surface area contributed by atoms with Crippen molar-refractivity contribution in [2.45, 2.75) is 40.3 Å². The van der Waals surface area contributed by atoms with Crippen LogP contribution in [0.5, 0.6) is 0 Å². The standard InChI is InChI=1S/C14H28N4/c1-12(2)18-8-7-13(16-18)9-15-10-14(3,4)11-17(5)6/h7-8,12,15H,9-11H2,1-6H3. The Morgan fingerprint density at radius 3 is 2.56 bits per heavy atom. The molecule has 18 heavy (non-hydrogen) atoms. The van der Waals surface area contributed by atoms with E-state index in [0.717, 1.165) is 25.3 Å². The first-order valence-corrected chi connectivity index (χ1v) is 6.70. The van der Waals surface area contributed by atoms with E-state index in [1.54, 1.807) is 0 Å². The third-order valence-electron chi connectivity index (χ3n) is 2.85. The minimum atomic E-state index is 0.282. The van der Waals surface area contributed by atoms with Gasteiger partial charge in [-0.2, -0.15) is 5.10 Å². The zero-order chi connectivity index (χ0) is 13.8. The SMILES string of the molecule is CC(C)n1ccc(CNCC(C)(C)CN(C)C)n1. The number of aromatic nitrogens is 2. The van der Waals surface area contributed by atoms with Crippen molar-refractivity contribution in [3.8, 4) is 0 Å². The molecule has 1 N–H and O–H groups in total. The minimum absolute atomic E-state index is 0.282. The molecule has 0 aliphatic heterocycles. The summed E-state index contributed by atoms with van der Waals surface area (Å²) in [4.78, 5) is 2.23. The average Bonchev–Trinajstić information content (AvgIpc) is 2.63. The lowest BCUT2D eigenvalue weighted by atomic mass is 9.93. The van der Waals surface area contributed by atoms with Crippen molar-refractivity contribution >= 4 is 0 Å². The number of hydrogen-bond acceptors (Lipinski definition) is 3. The lowest BCUT2D eigenvalue weighted by Crippen LogP contribution is -2.37. The summed E-state index contributed by atoms with van der Waals surface area (Å²) >= 11 is 0. The third kappa shape index (κ3) is 5.19. The van der Waals surface area contributed by atoms with Gasteiger partial charge in [0.05, 0.1) is 5.69 Å². The summed E-state index contributed by atoms with van der Waals surface area (Å²) in [7, 11) is 4.23. The topological polar surface area (TPSA) is 33.1 Å². The molecule has 1 aromatic heterocycles. The lowest BCUT2D eigenvalue weighted by molar-refractivity contribution is 0.232. The van der Waals surface area contributed by atoms with Gasteiger partial charge in [-0.05, 0) is 39.4 Å². The summed E-state index contributed by atoms with van der Waals surface area (Å²) in [6, 6.07) is 2.52. The molecule has 0 saturated carbocycles. The molecule has 1 heterocycles. The monoisotopic (exact) mass is 252 g/mol. The second-order valence-electron chi connectivity index (χ2n) is 6.39. The fourth-order valence-electron chi connectivity index (χ4n) is 2.20. The van der Waals surface area contributed by atoms with Gasteiger partial charge in [-0.25, -0.2) is 0 Å². The van der Waals surface area contributed by atoms with Crippen molar-refractivity contribution in [3.05, 3.63) is 18.0 Å². The van der Waals surface area contributed by atoms with Crippen LogP contribution in [0.15, 0.2) is 12.3 Å². The summed E-state index contributed by atoms with van der Waals surface area (Å²) in [5, 5.41) is 8.03. The maximum atomic E-state index is 4.53. The van der Waals surface area contributed by atoms with Crippen LogP contribution in [0, 0.1) is 5.41 Å². The minimum Gasteiger partial charge on any atom is -0.311 e. The van der Waals surface area contributed by atoms with E-state index in [9.17, 15) is 0 Å². The highest BCUT2D eigenvalue weighted by Gasteiger charge is 2.18. The summed E-state index contributed by atoms with van der Waals surface area (Å²) in [5.41, 5.74) is 1.40. The summed E-state index contributed by atoms with van der Waals surface area (Å²) in [6.07, 6.45) is 2.05. The molecule has 0 saturated heterocycles. The van der Waals surface area contributed by atoms with Crippen molar-refractivity contribution in [2.24, 2.45) is 5.41 Å². The van der Waals surface area contributed by atoms with E-state index in [4.69, 9.17) is 0 Å². The van der Waals surface area contributed by atoms with Crippen LogP contribution in [0.3, 0.4) is 0 Å². The predicted octanol–water partition coefficient (Wildman–Crippen LogP) is 2.14. The molecule has 0 aliphatic carbocycles. The normalized spacial score (nSPS) is 12.7. The third-order valence-corrected chi connectivity index (χ3v) is 2.85. The molecule has 0 aliphatic rings.